The number of hydrogen-bond acceptors (Lipinski definition) is 3. The van der Waals surface area contributed by atoms with E-state index >= 15 is 0 Å². The monoisotopic (exact) mass is 252 g/mol. The van der Waals surface area contributed by atoms with Gasteiger partial charge in [0.05, 0.1) is 5.56 Å². The van der Waals surface area contributed by atoms with Crippen molar-refractivity contribution in [2.75, 3.05) is 25.5 Å². The van der Waals surface area contributed by atoms with Gasteiger partial charge >= 0.3 is 0 Å². The molecule has 0 radical (unpaired) electrons. The molecule has 1 aromatic rings. The van der Waals surface area contributed by atoms with Gasteiger partial charge in [0.15, 0.2) is 0 Å². The Labute approximate surface area is 105 Å². The maximum absolute atomic E-state index is 13.0. The van der Waals surface area contributed by atoms with Gasteiger partial charge in [0.2, 0.25) is 0 Å². The number of rotatable bonds is 4. The van der Waals surface area contributed by atoms with Gasteiger partial charge in [-0.3, -0.25) is 4.79 Å². The molecule has 1 amide bonds. The van der Waals surface area contributed by atoms with Crippen molar-refractivity contribution in [3.05, 3.63) is 29.6 Å². The van der Waals surface area contributed by atoms with Crippen molar-refractivity contribution in [2.45, 2.75) is 12.8 Å². The van der Waals surface area contributed by atoms with Gasteiger partial charge in [0.1, 0.15) is 5.82 Å². The van der Waals surface area contributed by atoms with Gasteiger partial charge in [-0.25, -0.2) is 4.39 Å². The zero-order chi connectivity index (χ0) is 13.0. The smallest absolute Gasteiger partial charge is 0.253 e. The second-order valence-electron chi connectivity index (χ2n) is 4.51. The van der Waals surface area contributed by atoms with Crippen LogP contribution in [0.15, 0.2) is 18.2 Å². The largest absolute Gasteiger partial charge is 0.398 e. The maximum Gasteiger partial charge on any atom is 0.253 e. The second-order valence-corrected chi connectivity index (χ2v) is 4.51. The predicted molar refractivity (Wildman–Crippen MR) is 66.7 cm³/mol. The lowest BCUT2D eigenvalue weighted by molar-refractivity contribution is 0.0951. The first kappa shape index (κ1) is 12.8. The van der Waals surface area contributed by atoms with E-state index in [0.717, 1.165) is 32.1 Å². The van der Waals surface area contributed by atoms with E-state index in [1.165, 1.54) is 12.1 Å². The van der Waals surface area contributed by atoms with E-state index < -0.39 is 5.82 Å². The van der Waals surface area contributed by atoms with Crippen molar-refractivity contribution < 1.29 is 13.9 Å². The van der Waals surface area contributed by atoms with Crippen LogP contribution in [0.5, 0.6) is 0 Å². The minimum Gasteiger partial charge on any atom is -0.398 e. The summed E-state index contributed by atoms with van der Waals surface area (Å²) in [5.74, 6) is -0.278. The lowest BCUT2D eigenvalue weighted by Gasteiger charge is -2.10. The summed E-state index contributed by atoms with van der Waals surface area (Å²) in [5.41, 5.74) is 6.12. The van der Waals surface area contributed by atoms with Crippen LogP contribution < -0.4 is 11.1 Å². The second kappa shape index (κ2) is 5.82. The van der Waals surface area contributed by atoms with E-state index in [1.54, 1.807) is 0 Å². The molecule has 1 aliphatic rings. The number of nitrogens with one attached hydrogen (secondary N) is 1. The Hall–Kier alpha value is -1.62. The molecule has 98 valence electrons. The molecule has 0 aromatic heterocycles. The molecule has 1 unspecified atom stereocenters. The fourth-order valence-electron chi connectivity index (χ4n) is 2.02. The van der Waals surface area contributed by atoms with E-state index in [9.17, 15) is 9.18 Å². The number of hydrogen-bond donors (Lipinski definition) is 2. The fraction of sp³-hybridized carbons (Fsp3) is 0.462. The number of benzene rings is 1. The van der Waals surface area contributed by atoms with Gasteiger partial charge in [-0.15, -0.1) is 0 Å². The molecule has 1 atom stereocenters. The number of amides is 1. The Morgan fingerprint density at radius 1 is 1.56 bits per heavy atom. The fourth-order valence-corrected chi connectivity index (χ4v) is 2.02. The summed E-state index contributed by atoms with van der Waals surface area (Å²) < 4.78 is 18.3. The zero-order valence-corrected chi connectivity index (χ0v) is 10.1. The summed E-state index contributed by atoms with van der Waals surface area (Å²) in [6.07, 6.45) is 1.92. The molecule has 3 N–H and O–H groups in total. The molecule has 0 spiro atoms. The number of halogens is 1. The van der Waals surface area contributed by atoms with Gasteiger partial charge in [-0.2, -0.15) is 0 Å². The van der Waals surface area contributed by atoms with Crippen LogP contribution in [0, 0.1) is 11.7 Å². The van der Waals surface area contributed by atoms with Crippen LogP contribution in [0.25, 0.3) is 0 Å². The Kier molecular flexibility index (Phi) is 4.15. The van der Waals surface area contributed by atoms with E-state index in [2.05, 4.69) is 5.32 Å². The highest BCUT2D eigenvalue weighted by Gasteiger charge is 2.16. The average molecular weight is 252 g/mol. The molecule has 5 heteroatoms. The third-order valence-electron chi connectivity index (χ3n) is 3.12. The lowest BCUT2D eigenvalue weighted by Crippen LogP contribution is -2.27. The number of carbonyl (C=O) groups is 1. The molecule has 1 aromatic carbocycles. The highest BCUT2D eigenvalue weighted by molar-refractivity contribution is 5.99. The van der Waals surface area contributed by atoms with Gasteiger partial charge in [0.25, 0.3) is 5.91 Å². The minimum atomic E-state index is -0.460. The molecule has 1 saturated heterocycles. The van der Waals surface area contributed by atoms with Crippen molar-refractivity contribution >= 4 is 11.6 Å². The topological polar surface area (TPSA) is 64.4 Å². The molecule has 2 rings (SSSR count). The van der Waals surface area contributed by atoms with E-state index in [4.69, 9.17) is 10.5 Å². The first-order valence-electron chi connectivity index (χ1n) is 6.08. The van der Waals surface area contributed by atoms with Crippen molar-refractivity contribution in [2.24, 2.45) is 5.92 Å². The predicted octanol–water partition coefficient (Wildman–Crippen LogP) is 1.56. The zero-order valence-electron chi connectivity index (χ0n) is 10.1. The normalized spacial score (nSPS) is 18.8. The van der Waals surface area contributed by atoms with Crippen LogP contribution >= 0.6 is 0 Å². The molecule has 4 nitrogen and oxygen atoms in total. The van der Waals surface area contributed by atoms with Crippen LogP contribution in [-0.4, -0.2) is 25.7 Å². The lowest BCUT2D eigenvalue weighted by atomic mass is 10.1. The first-order valence-corrected chi connectivity index (χ1v) is 6.08. The van der Waals surface area contributed by atoms with Crippen LogP contribution in [0.4, 0.5) is 10.1 Å². The third-order valence-corrected chi connectivity index (χ3v) is 3.12. The minimum absolute atomic E-state index is 0.192. The summed E-state index contributed by atoms with van der Waals surface area (Å²) in [5, 5.41) is 2.75. The van der Waals surface area contributed by atoms with Crippen LogP contribution in [0.1, 0.15) is 23.2 Å². The van der Waals surface area contributed by atoms with Crippen LogP contribution in [0.2, 0.25) is 0 Å². The van der Waals surface area contributed by atoms with Crippen molar-refractivity contribution in [1.82, 2.24) is 5.32 Å². The van der Waals surface area contributed by atoms with Gasteiger partial charge < -0.3 is 15.8 Å². The highest BCUT2D eigenvalue weighted by atomic mass is 19.1. The highest BCUT2D eigenvalue weighted by Crippen LogP contribution is 2.16. The maximum atomic E-state index is 13.0. The number of nitrogens with two attached hydrogens (primary N) is 1. The quantitative estimate of drug-likeness (QED) is 0.799. The Morgan fingerprint density at radius 3 is 3.11 bits per heavy atom. The summed E-state index contributed by atoms with van der Waals surface area (Å²) in [7, 11) is 0. The molecule has 0 saturated carbocycles. The molecule has 0 bridgehead atoms. The SMILES string of the molecule is Nc1ccc(F)cc1C(=O)NCCC1CCOC1. The van der Waals surface area contributed by atoms with Gasteiger partial charge in [-0.1, -0.05) is 0 Å². The number of carbonyl (C=O) groups excluding carboxylic acids is 1. The van der Waals surface area contributed by atoms with E-state index in [1.807, 2.05) is 0 Å². The summed E-state index contributed by atoms with van der Waals surface area (Å²) in [6, 6.07) is 3.79. The Bertz CT molecular complexity index is 431. The van der Waals surface area contributed by atoms with Gasteiger partial charge in [0, 0.05) is 25.4 Å². The summed E-state index contributed by atoms with van der Waals surface area (Å²) in [4.78, 5) is 11.8. The standard InChI is InChI=1S/C13H17FN2O2/c14-10-1-2-12(15)11(7-10)13(17)16-5-3-9-4-6-18-8-9/h1-2,7,9H,3-6,8,15H2,(H,16,17). The number of anilines is 1. The van der Waals surface area contributed by atoms with Gasteiger partial charge in [-0.05, 0) is 37.0 Å². The molecule has 1 heterocycles. The van der Waals surface area contributed by atoms with Crippen LogP contribution in [-0.2, 0) is 4.74 Å². The number of ether oxygens (including phenoxy) is 1. The van der Waals surface area contributed by atoms with E-state index in [-0.39, 0.29) is 17.2 Å². The molecular weight excluding hydrogens is 235 g/mol. The third kappa shape index (κ3) is 3.20. The molecule has 1 aliphatic heterocycles. The van der Waals surface area contributed by atoms with Crippen LogP contribution in [0.3, 0.4) is 0 Å². The van der Waals surface area contributed by atoms with Crippen molar-refractivity contribution in [3.8, 4) is 0 Å². The van der Waals surface area contributed by atoms with E-state index in [0.29, 0.717) is 12.5 Å². The Balaban J connectivity index is 1.85. The number of nitrogen functional groups attached to an aromatic ring is 1. The molecular formula is C13H17FN2O2. The molecule has 0 aliphatic carbocycles. The summed E-state index contributed by atoms with van der Waals surface area (Å²) >= 11 is 0. The average Bonchev–Trinajstić information content (AvgIpc) is 2.85. The van der Waals surface area contributed by atoms with Crippen molar-refractivity contribution in [3.63, 3.8) is 0 Å². The first-order chi connectivity index (χ1) is 8.66. The molecule has 18 heavy (non-hydrogen) atoms. The molecule has 1 fully saturated rings. The van der Waals surface area contributed by atoms with Crippen molar-refractivity contribution in [1.29, 1.82) is 0 Å². The Morgan fingerprint density at radius 2 is 2.39 bits per heavy atom. The summed E-state index contributed by atoms with van der Waals surface area (Å²) in [6.45, 7) is 2.12.